The molecule has 0 bridgehead atoms. The first-order chi connectivity index (χ1) is 21.8. The first-order valence-corrected chi connectivity index (χ1v) is 15.4. The van der Waals surface area contributed by atoms with Crippen LogP contribution in [0.3, 0.4) is 0 Å². The predicted molar refractivity (Wildman–Crippen MR) is 177 cm³/mol. The number of halogens is 5. The summed E-state index contributed by atoms with van der Waals surface area (Å²) in [5, 5.41) is 12.5. The van der Waals surface area contributed by atoms with Gasteiger partial charge in [-0.1, -0.05) is 67.4 Å². The number of thiocarbonyl (C=S) groups is 1. The van der Waals surface area contributed by atoms with Crippen molar-refractivity contribution in [1.82, 2.24) is 14.5 Å². The highest BCUT2D eigenvalue weighted by Crippen LogP contribution is 2.32. The lowest BCUT2D eigenvalue weighted by atomic mass is 9.86. The van der Waals surface area contributed by atoms with Crippen LogP contribution in [0.5, 0.6) is 0 Å². The molecular weight excluding hydrogens is 656 g/mol. The Bertz CT molecular complexity index is 1740. The highest BCUT2D eigenvalue weighted by Gasteiger charge is 2.35. The average molecular weight is 688 g/mol. The first-order valence-electron chi connectivity index (χ1n) is 14.2. The molecule has 0 aliphatic heterocycles. The largest absolute Gasteiger partial charge is 0.416 e. The van der Waals surface area contributed by atoms with E-state index in [1.165, 1.54) is 12.1 Å². The molecule has 240 valence electrons. The number of nitriles is 1. The zero-order valence-corrected chi connectivity index (χ0v) is 27.3. The molecule has 46 heavy (non-hydrogen) atoms. The van der Waals surface area contributed by atoms with Gasteiger partial charge in [0.05, 0.1) is 45.7 Å². The Kier molecular flexibility index (Phi) is 11.5. The molecule has 0 amide bonds. The van der Waals surface area contributed by atoms with E-state index >= 15 is 0 Å². The van der Waals surface area contributed by atoms with Crippen molar-refractivity contribution < 1.29 is 18.0 Å². The number of Topliss-reactive ketones (excluding diaryl/α,β-unsaturated/α-hetero) is 1. The standard InChI is InChI=1S/C33H31Cl2F3N6OS/c1-20(2)29(28(45)14-26-16-41-19-43(26)17-22-11-9-21(15-39)10-12-22)31(40)44(18-23-5-3-8-27(34)30(23)35)32(46)42-25-7-4-6-24(13-25)33(36,37)38/h3-13,16,19-20,29,31H,14,17-18,40H2,1-2H3,(H,42,46)/t29-,31?/m1/s1. The SMILES string of the molecule is CC(C)[C@H](C(=O)Cc1cncn1Cc1ccc(C#N)cc1)C(N)N(Cc1cccc(Cl)c1Cl)C(=S)Nc1cccc(C(F)(F)F)c1. The molecular formula is C33H31Cl2F3N6OS. The summed E-state index contributed by atoms with van der Waals surface area (Å²) in [7, 11) is 0. The Labute approximate surface area is 280 Å². The minimum absolute atomic E-state index is 0.00664. The highest BCUT2D eigenvalue weighted by molar-refractivity contribution is 7.80. The number of benzene rings is 3. The van der Waals surface area contributed by atoms with Crippen molar-refractivity contribution in [2.45, 2.75) is 45.7 Å². The molecule has 1 unspecified atom stereocenters. The van der Waals surface area contributed by atoms with Gasteiger partial charge in [0.2, 0.25) is 0 Å². The molecule has 3 aromatic carbocycles. The van der Waals surface area contributed by atoms with E-state index in [9.17, 15) is 18.0 Å². The van der Waals surface area contributed by atoms with Crippen LogP contribution in [-0.2, 0) is 30.5 Å². The maximum absolute atomic E-state index is 14.0. The Hall–Kier alpha value is -3.95. The second kappa shape index (κ2) is 15.1. The van der Waals surface area contributed by atoms with Crippen LogP contribution >= 0.6 is 35.4 Å². The van der Waals surface area contributed by atoms with Crippen LogP contribution in [0, 0.1) is 23.2 Å². The summed E-state index contributed by atoms with van der Waals surface area (Å²) in [6, 6.07) is 18.9. The van der Waals surface area contributed by atoms with Gasteiger partial charge in [-0.3, -0.25) is 4.79 Å². The number of nitrogens with zero attached hydrogens (tertiary/aromatic N) is 4. The number of imidazole rings is 1. The van der Waals surface area contributed by atoms with Gasteiger partial charge in [0, 0.05) is 37.1 Å². The average Bonchev–Trinajstić information content (AvgIpc) is 3.43. The van der Waals surface area contributed by atoms with E-state index in [4.69, 9.17) is 46.4 Å². The quantitative estimate of drug-likeness (QED) is 0.123. The summed E-state index contributed by atoms with van der Waals surface area (Å²) in [4.78, 5) is 19.8. The molecule has 3 N–H and O–H groups in total. The number of hydrogen-bond acceptors (Lipinski definition) is 5. The molecule has 0 fully saturated rings. The molecule has 0 spiro atoms. The number of aromatic nitrogens is 2. The number of anilines is 1. The van der Waals surface area contributed by atoms with E-state index in [0.717, 1.165) is 17.7 Å². The molecule has 7 nitrogen and oxygen atoms in total. The highest BCUT2D eigenvalue weighted by atomic mass is 35.5. The first kappa shape index (κ1) is 34.9. The molecule has 4 rings (SSSR count). The third-order valence-corrected chi connectivity index (χ3v) is 8.68. The van der Waals surface area contributed by atoms with Crippen LogP contribution in [0.2, 0.25) is 10.0 Å². The van der Waals surface area contributed by atoms with Gasteiger partial charge in [-0.25, -0.2) is 4.98 Å². The van der Waals surface area contributed by atoms with Crippen LogP contribution in [0.15, 0.2) is 79.3 Å². The second-order valence-electron chi connectivity index (χ2n) is 11.1. The number of rotatable bonds is 11. The van der Waals surface area contributed by atoms with Gasteiger partial charge in [0.15, 0.2) is 5.11 Å². The third-order valence-electron chi connectivity index (χ3n) is 7.48. The van der Waals surface area contributed by atoms with Crippen molar-refractivity contribution in [3.63, 3.8) is 0 Å². The van der Waals surface area contributed by atoms with Gasteiger partial charge in [-0.05, 0) is 65.7 Å². The number of alkyl halides is 3. The van der Waals surface area contributed by atoms with Gasteiger partial charge in [-0.15, -0.1) is 0 Å². The number of nitrogens with two attached hydrogens (primary N) is 1. The molecule has 0 saturated carbocycles. The molecule has 0 aliphatic carbocycles. The lowest BCUT2D eigenvalue weighted by Crippen LogP contribution is -2.54. The second-order valence-corrected chi connectivity index (χ2v) is 12.2. The van der Waals surface area contributed by atoms with E-state index < -0.39 is 23.8 Å². The molecule has 4 aromatic rings. The van der Waals surface area contributed by atoms with Crippen LogP contribution in [0.25, 0.3) is 0 Å². The number of carbonyl (C=O) groups excluding carboxylic acids is 1. The van der Waals surface area contributed by atoms with Gasteiger partial charge in [-0.2, -0.15) is 18.4 Å². The zero-order valence-electron chi connectivity index (χ0n) is 24.9. The van der Waals surface area contributed by atoms with Crippen molar-refractivity contribution in [3.8, 4) is 6.07 Å². The molecule has 0 aliphatic rings. The molecule has 0 saturated heterocycles. The normalized spacial score (nSPS) is 12.8. The zero-order chi connectivity index (χ0) is 33.6. The topological polar surface area (TPSA) is 100.0 Å². The number of carbonyl (C=O) groups is 1. The Morgan fingerprint density at radius 2 is 1.83 bits per heavy atom. The van der Waals surface area contributed by atoms with E-state index in [1.807, 2.05) is 30.5 Å². The van der Waals surface area contributed by atoms with Crippen LogP contribution in [0.1, 0.15) is 41.8 Å². The van der Waals surface area contributed by atoms with Crippen molar-refractivity contribution in [1.29, 1.82) is 5.26 Å². The third kappa shape index (κ3) is 8.65. The maximum Gasteiger partial charge on any atom is 0.416 e. The lowest BCUT2D eigenvalue weighted by molar-refractivity contribution is -0.137. The van der Waals surface area contributed by atoms with Gasteiger partial charge in [0.1, 0.15) is 5.78 Å². The summed E-state index contributed by atoms with van der Waals surface area (Å²) in [5.41, 5.74) is 8.81. The summed E-state index contributed by atoms with van der Waals surface area (Å²) in [6.07, 6.45) is -2.28. The molecule has 13 heteroatoms. The number of nitrogens with one attached hydrogen (secondary N) is 1. The van der Waals surface area contributed by atoms with Gasteiger partial charge >= 0.3 is 6.18 Å². The van der Waals surface area contributed by atoms with Crippen molar-refractivity contribution >= 4 is 52.0 Å². The molecule has 2 atom stereocenters. The van der Waals surface area contributed by atoms with E-state index in [1.54, 1.807) is 47.8 Å². The van der Waals surface area contributed by atoms with Crippen LogP contribution < -0.4 is 11.1 Å². The van der Waals surface area contributed by atoms with Gasteiger partial charge in [0.25, 0.3) is 0 Å². The van der Waals surface area contributed by atoms with Crippen molar-refractivity contribution in [2.24, 2.45) is 17.6 Å². The molecule has 0 radical (unpaired) electrons. The Morgan fingerprint density at radius 3 is 2.48 bits per heavy atom. The van der Waals surface area contributed by atoms with E-state index in [-0.39, 0.29) is 40.5 Å². The van der Waals surface area contributed by atoms with Crippen LogP contribution in [0.4, 0.5) is 18.9 Å². The van der Waals surface area contributed by atoms with E-state index in [0.29, 0.717) is 28.4 Å². The summed E-state index contributed by atoms with van der Waals surface area (Å²) < 4.78 is 42.1. The minimum atomic E-state index is -4.55. The lowest BCUT2D eigenvalue weighted by Gasteiger charge is -2.37. The minimum Gasteiger partial charge on any atom is -0.333 e. The maximum atomic E-state index is 14.0. The Balaban J connectivity index is 1.62. The fraction of sp³-hybridized carbons (Fsp3) is 0.273. The van der Waals surface area contributed by atoms with Crippen LogP contribution in [-0.4, -0.2) is 31.5 Å². The molecule has 1 aromatic heterocycles. The molecule has 1 heterocycles. The monoisotopic (exact) mass is 686 g/mol. The van der Waals surface area contributed by atoms with Gasteiger partial charge < -0.3 is 20.5 Å². The van der Waals surface area contributed by atoms with Crippen molar-refractivity contribution in [3.05, 3.63) is 117 Å². The predicted octanol–water partition coefficient (Wildman–Crippen LogP) is 7.70. The fourth-order valence-corrected chi connectivity index (χ4v) is 5.79. The summed E-state index contributed by atoms with van der Waals surface area (Å²) in [5.74, 6) is -1.17. The Morgan fingerprint density at radius 1 is 1.13 bits per heavy atom. The summed E-state index contributed by atoms with van der Waals surface area (Å²) >= 11 is 18.5. The smallest absolute Gasteiger partial charge is 0.333 e. The number of ketones is 1. The van der Waals surface area contributed by atoms with E-state index in [2.05, 4.69) is 16.4 Å². The number of hydrogen-bond donors (Lipinski definition) is 2. The fourth-order valence-electron chi connectivity index (χ4n) is 5.10. The summed E-state index contributed by atoms with van der Waals surface area (Å²) in [6.45, 7) is 4.20. The van der Waals surface area contributed by atoms with Crippen molar-refractivity contribution in [2.75, 3.05) is 5.32 Å².